The number of carbonyl (C=O) groups is 2. The van der Waals surface area contributed by atoms with E-state index in [0.717, 1.165) is 46.0 Å². The Morgan fingerprint density at radius 1 is 0.977 bits per heavy atom. The zero-order chi connectivity index (χ0) is 30.2. The number of rotatable bonds is 8. The number of fused-ring (bicyclic) bond motifs is 4. The summed E-state index contributed by atoms with van der Waals surface area (Å²) >= 11 is 6.37. The number of aromatic hydroxyl groups is 1. The molecule has 1 aliphatic carbocycles. The topological polar surface area (TPSA) is 126 Å². The number of benzene rings is 3. The summed E-state index contributed by atoms with van der Waals surface area (Å²) in [6.45, 7) is 3.01. The highest BCUT2D eigenvalue weighted by atomic mass is 35.5. The summed E-state index contributed by atoms with van der Waals surface area (Å²) in [5.41, 5.74) is 3.95. The maximum atomic E-state index is 13.7. The smallest absolute Gasteiger partial charge is 0.319 e. The third-order valence-electron chi connectivity index (χ3n) is 8.22. The average molecular weight is 599 g/mol. The highest BCUT2D eigenvalue weighted by Gasteiger charge is 2.27. The molecule has 2 heterocycles. The number of nitrogens with one attached hydrogen (secondary N) is 2. The van der Waals surface area contributed by atoms with Crippen LogP contribution in [-0.4, -0.2) is 31.3 Å². The number of carbonyl (C=O) groups excluding carboxylic acids is 1. The zero-order valence-electron chi connectivity index (χ0n) is 23.6. The number of aryl methyl sites for hydroxylation is 1. The monoisotopic (exact) mass is 598 g/mol. The van der Waals surface area contributed by atoms with Crippen molar-refractivity contribution in [2.24, 2.45) is 0 Å². The van der Waals surface area contributed by atoms with Gasteiger partial charge in [0.25, 0.3) is 5.56 Å². The molecule has 3 aromatic carbocycles. The first-order chi connectivity index (χ1) is 20.8. The van der Waals surface area contributed by atoms with Gasteiger partial charge in [-0.25, -0.2) is 4.79 Å². The van der Waals surface area contributed by atoms with E-state index in [1.807, 2.05) is 54.6 Å². The Hall–Kier alpha value is -4.76. The van der Waals surface area contributed by atoms with E-state index in [0.29, 0.717) is 29.0 Å². The molecular formula is C33H31ClN4O5. The number of nitrogens with zero attached hydrogens (tertiary/aromatic N) is 2. The molecule has 43 heavy (non-hydrogen) atoms. The van der Waals surface area contributed by atoms with Gasteiger partial charge in [-0.3, -0.25) is 9.59 Å². The Bertz CT molecular complexity index is 1960. The first kappa shape index (κ1) is 28.4. The number of hydrogen-bond donors (Lipinski definition) is 4. The van der Waals surface area contributed by atoms with Crippen molar-refractivity contribution >= 4 is 51.1 Å². The Balaban J connectivity index is 1.33. The van der Waals surface area contributed by atoms with Gasteiger partial charge in [0.1, 0.15) is 5.75 Å². The van der Waals surface area contributed by atoms with E-state index in [1.54, 1.807) is 16.7 Å². The third-order valence-corrected chi connectivity index (χ3v) is 8.59. The van der Waals surface area contributed by atoms with Crippen LogP contribution in [0, 0.1) is 0 Å². The summed E-state index contributed by atoms with van der Waals surface area (Å²) < 4.78 is 3.73. The molecule has 0 radical (unpaired) electrons. The number of amides is 2. The van der Waals surface area contributed by atoms with E-state index < -0.39 is 23.6 Å². The molecule has 4 N–H and O–H groups in total. The van der Waals surface area contributed by atoms with Crippen LogP contribution < -0.4 is 16.2 Å². The van der Waals surface area contributed by atoms with Gasteiger partial charge in [0.15, 0.2) is 5.69 Å². The minimum atomic E-state index is -1.09. The number of anilines is 1. The highest BCUT2D eigenvalue weighted by molar-refractivity contribution is 6.31. The largest absolute Gasteiger partial charge is 0.505 e. The summed E-state index contributed by atoms with van der Waals surface area (Å²) in [6, 6.07) is 19.2. The second kappa shape index (κ2) is 11.5. The van der Waals surface area contributed by atoms with Crippen molar-refractivity contribution in [3.05, 3.63) is 104 Å². The second-order valence-electron chi connectivity index (χ2n) is 10.8. The molecule has 5 aromatic rings. The third kappa shape index (κ3) is 5.21. The number of para-hydroxylation sites is 1. The number of carboxylic acid groups (broad SMARTS) is 1. The lowest BCUT2D eigenvalue weighted by molar-refractivity contribution is -0.137. The molecule has 0 fully saturated rings. The van der Waals surface area contributed by atoms with Crippen molar-refractivity contribution in [1.82, 2.24) is 14.5 Å². The van der Waals surface area contributed by atoms with Gasteiger partial charge in [0.05, 0.1) is 19.0 Å². The van der Waals surface area contributed by atoms with Gasteiger partial charge >= 0.3 is 12.0 Å². The van der Waals surface area contributed by atoms with Crippen molar-refractivity contribution in [2.45, 2.75) is 51.7 Å². The Morgan fingerprint density at radius 2 is 1.72 bits per heavy atom. The summed E-state index contributed by atoms with van der Waals surface area (Å²) in [5.74, 6) is -1.35. The summed E-state index contributed by atoms with van der Waals surface area (Å²) in [4.78, 5) is 38.8. The minimum absolute atomic E-state index is 0.185. The molecule has 2 amide bonds. The number of halogens is 1. The molecule has 0 saturated heterocycles. The standard InChI is InChI=1S/C33H31ClN4O5/c1-2-37-26-12-6-4-9-21(26)23-16-19(14-15-28(23)37)25(17-29(39)40)35-33(43)36-30-31(41)22-10-7-13-27(22)38(32(30)42)18-20-8-3-5-11-24(20)34/h3-6,8-9,11-12,14-16,25,41H,2,7,10,13,17-18H2,1H3,(H,39,40)(H2,35,36,43)/t25-/m0/s1. The lowest BCUT2D eigenvalue weighted by Gasteiger charge is -2.20. The number of carboxylic acids is 1. The summed E-state index contributed by atoms with van der Waals surface area (Å²) in [7, 11) is 0. The normalized spacial score (nSPS) is 13.3. The first-order valence-electron chi connectivity index (χ1n) is 14.3. The molecule has 0 unspecified atom stereocenters. The molecule has 0 aliphatic heterocycles. The molecule has 2 aromatic heterocycles. The number of urea groups is 1. The predicted molar refractivity (Wildman–Crippen MR) is 167 cm³/mol. The van der Waals surface area contributed by atoms with Crippen LogP contribution in [0.1, 0.15) is 48.2 Å². The minimum Gasteiger partial charge on any atom is -0.505 e. The Kier molecular flexibility index (Phi) is 7.58. The predicted octanol–water partition coefficient (Wildman–Crippen LogP) is 6.21. The van der Waals surface area contributed by atoms with E-state index in [9.17, 15) is 24.6 Å². The van der Waals surface area contributed by atoms with Crippen molar-refractivity contribution < 1.29 is 19.8 Å². The van der Waals surface area contributed by atoms with Crippen LogP contribution in [-0.2, 0) is 30.7 Å². The molecule has 10 heteroatoms. The molecular weight excluding hydrogens is 568 g/mol. The van der Waals surface area contributed by atoms with Gasteiger partial charge in [-0.15, -0.1) is 0 Å². The van der Waals surface area contributed by atoms with Gasteiger partial charge in [0, 0.05) is 44.6 Å². The lowest BCUT2D eigenvalue weighted by atomic mass is 10.0. The fourth-order valence-corrected chi connectivity index (χ4v) is 6.43. The van der Waals surface area contributed by atoms with Crippen molar-refractivity contribution in [3.8, 4) is 5.75 Å². The van der Waals surface area contributed by atoms with Crippen LogP contribution in [0.4, 0.5) is 10.5 Å². The molecule has 1 aliphatic rings. The van der Waals surface area contributed by atoms with Gasteiger partial charge in [0.2, 0.25) is 0 Å². The lowest BCUT2D eigenvalue weighted by Crippen LogP contribution is -2.37. The van der Waals surface area contributed by atoms with Gasteiger partial charge < -0.3 is 30.0 Å². The molecule has 0 bridgehead atoms. The second-order valence-corrected chi connectivity index (χ2v) is 11.2. The maximum absolute atomic E-state index is 13.7. The van der Waals surface area contributed by atoms with Crippen LogP contribution in [0.15, 0.2) is 71.5 Å². The number of pyridine rings is 1. The van der Waals surface area contributed by atoms with Gasteiger partial charge in [-0.05, 0) is 61.6 Å². The fourth-order valence-electron chi connectivity index (χ4n) is 6.23. The zero-order valence-corrected chi connectivity index (χ0v) is 24.3. The molecule has 0 saturated carbocycles. The molecule has 1 atom stereocenters. The van der Waals surface area contributed by atoms with Crippen LogP contribution in [0.3, 0.4) is 0 Å². The highest BCUT2D eigenvalue weighted by Crippen LogP contribution is 2.35. The van der Waals surface area contributed by atoms with E-state index >= 15 is 0 Å². The van der Waals surface area contributed by atoms with Crippen LogP contribution in [0.25, 0.3) is 21.8 Å². The molecule has 9 nitrogen and oxygen atoms in total. The summed E-state index contributed by atoms with van der Waals surface area (Å²) in [6.07, 6.45) is 1.57. The Morgan fingerprint density at radius 3 is 2.49 bits per heavy atom. The molecule has 220 valence electrons. The van der Waals surface area contributed by atoms with E-state index in [4.69, 9.17) is 11.6 Å². The van der Waals surface area contributed by atoms with Crippen molar-refractivity contribution in [2.75, 3.05) is 5.32 Å². The SMILES string of the molecule is CCn1c2ccccc2c2cc([C@H](CC(=O)O)NC(=O)Nc3c(O)c4c(n(Cc5ccccc5Cl)c3=O)CCC4)ccc21. The van der Waals surface area contributed by atoms with Crippen molar-refractivity contribution in [3.63, 3.8) is 0 Å². The van der Waals surface area contributed by atoms with Crippen LogP contribution in [0.2, 0.25) is 5.02 Å². The number of aliphatic carboxylic acids is 1. The van der Waals surface area contributed by atoms with Crippen molar-refractivity contribution in [1.29, 1.82) is 0 Å². The van der Waals surface area contributed by atoms with Crippen LogP contribution >= 0.6 is 11.6 Å². The fraction of sp³-hybridized carbons (Fsp3) is 0.242. The summed E-state index contributed by atoms with van der Waals surface area (Å²) in [5, 5.41) is 28.5. The quantitative estimate of drug-likeness (QED) is 0.169. The first-order valence-corrected chi connectivity index (χ1v) is 14.7. The van der Waals surface area contributed by atoms with E-state index in [-0.39, 0.29) is 24.4 Å². The van der Waals surface area contributed by atoms with Crippen LogP contribution in [0.5, 0.6) is 5.75 Å². The molecule has 6 rings (SSSR count). The average Bonchev–Trinajstić information content (AvgIpc) is 3.61. The molecule has 0 spiro atoms. The van der Waals surface area contributed by atoms with Gasteiger partial charge in [-0.1, -0.05) is 54.1 Å². The number of hydrogen-bond acceptors (Lipinski definition) is 4. The van der Waals surface area contributed by atoms with E-state index in [1.165, 1.54) is 0 Å². The maximum Gasteiger partial charge on any atom is 0.319 e. The number of aromatic nitrogens is 2. The van der Waals surface area contributed by atoms with Gasteiger partial charge in [-0.2, -0.15) is 0 Å². The Labute approximate surface area is 252 Å². The van der Waals surface area contributed by atoms with E-state index in [2.05, 4.69) is 22.1 Å².